The molecule has 6 heteroatoms. The van der Waals surface area contributed by atoms with Crippen molar-refractivity contribution in [2.75, 3.05) is 0 Å². The highest BCUT2D eigenvalue weighted by atomic mass is 16.5. The topological polar surface area (TPSA) is 98.5 Å². The van der Waals surface area contributed by atoms with Gasteiger partial charge in [0.2, 0.25) is 0 Å². The van der Waals surface area contributed by atoms with Gasteiger partial charge in [-0.1, -0.05) is 54.6 Å². The van der Waals surface area contributed by atoms with E-state index in [9.17, 15) is 4.79 Å². The van der Waals surface area contributed by atoms with Crippen molar-refractivity contribution in [2.24, 2.45) is 5.73 Å². The number of benzene rings is 2. The highest BCUT2D eigenvalue weighted by molar-refractivity contribution is 6.35. The van der Waals surface area contributed by atoms with Gasteiger partial charge in [0, 0.05) is 13.0 Å². The third-order valence-electron chi connectivity index (χ3n) is 4.44. The van der Waals surface area contributed by atoms with E-state index in [4.69, 9.17) is 25.0 Å². The molecule has 3 N–H and O–H groups in total. The Morgan fingerprint density at radius 2 is 1.72 bits per heavy atom. The first kappa shape index (κ1) is 20.5. The van der Waals surface area contributed by atoms with Crippen molar-refractivity contribution >= 4 is 11.7 Å². The number of carbonyl (C=O) groups excluding carboxylic acids is 1. The third-order valence-corrected chi connectivity index (χ3v) is 4.44. The lowest BCUT2D eigenvalue weighted by atomic mass is 10.0. The summed E-state index contributed by atoms with van der Waals surface area (Å²) in [7, 11) is 0. The van der Waals surface area contributed by atoms with Crippen LogP contribution in [0.1, 0.15) is 35.0 Å². The Balaban J connectivity index is 1.65. The minimum atomic E-state index is -0.687. The molecular weight excluding hydrogens is 368 g/mol. The Kier molecular flexibility index (Phi) is 7.33. The van der Waals surface area contributed by atoms with Crippen LogP contribution in [0.4, 0.5) is 0 Å². The van der Waals surface area contributed by atoms with E-state index in [1.807, 2.05) is 54.6 Å². The summed E-state index contributed by atoms with van der Waals surface area (Å²) >= 11 is 0. The van der Waals surface area contributed by atoms with Crippen molar-refractivity contribution < 1.29 is 18.7 Å². The molecule has 150 valence electrons. The number of hydrogen-bond acceptors (Lipinski definition) is 6. The zero-order valence-corrected chi connectivity index (χ0v) is 16.0. The number of nitrogens with two attached hydrogens (primary N) is 1. The molecule has 0 radical (unpaired) electrons. The standard InChI is InChI=1S/C23H24N2O4/c24-14-17-8-10-19(11-9-17)22(28-15-18-5-2-1-3-6-18)13-21(25)23(26)29-16-20-7-4-12-27-20/h1-12,22,25H,13-16,24H2. The molecule has 3 aromatic rings. The number of hydrogen-bond donors (Lipinski definition) is 2. The predicted molar refractivity (Wildman–Crippen MR) is 109 cm³/mol. The van der Waals surface area contributed by atoms with Crippen LogP contribution in [0.5, 0.6) is 0 Å². The molecule has 0 spiro atoms. The van der Waals surface area contributed by atoms with Gasteiger partial charge in [-0.3, -0.25) is 5.41 Å². The first-order chi connectivity index (χ1) is 14.2. The lowest BCUT2D eigenvalue weighted by molar-refractivity contribution is -0.137. The Hall–Kier alpha value is -3.22. The van der Waals surface area contributed by atoms with E-state index < -0.39 is 12.1 Å². The van der Waals surface area contributed by atoms with Crippen LogP contribution in [-0.4, -0.2) is 11.7 Å². The van der Waals surface area contributed by atoms with Crippen LogP contribution < -0.4 is 5.73 Å². The monoisotopic (exact) mass is 392 g/mol. The fourth-order valence-corrected chi connectivity index (χ4v) is 2.80. The second-order valence-corrected chi connectivity index (χ2v) is 6.57. The summed E-state index contributed by atoms with van der Waals surface area (Å²) in [6, 6.07) is 20.9. The summed E-state index contributed by atoms with van der Waals surface area (Å²) in [4.78, 5) is 12.2. The van der Waals surface area contributed by atoms with Gasteiger partial charge < -0.3 is 19.6 Å². The van der Waals surface area contributed by atoms with Crippen molar-refractivity contribution in [1.82, 2.24) is 0 Å². The van der Waals surface area contributed by atoms with Crippen molar-refractivity contribution in [3.05, 3.63) is 95.4 Å². The zero-order chi connectivity index (χ0) is 20.5. The second-order valence-electron chi connectivity index (χ2n) is 6.57. The SMILES string of the molecule is N=C(CC(OCc1ccccc1)c1ccc(CN)cc1)C(=O)OCc1ccco1. The molecule has 1 unspecified atom stereocenters. The molecule has 0 aliphatic carbocycles. The van der Waals surface area contributed by atoms with E-state index in [1.54, 1.807) is 12.1 Å². The van der Waals surface area contributed by atoms with Crippen LogP contribution in [0.15, 0.2) is 77.4 Å². The van der Waals surface area contributed by atoms with Crippen LogP contribution in [0.25, 0.3) is 0 Å². The fraction of sp³-hybridized carbons (Fsp3) is 0.217. The molecule has 0 aliphatic rings. The van der Waals surface area contributed by atoms with Gasteiger partial charge in [0.05, 0.1) is 19.0 Å². The maximum Gasteiger partial charge on any atom is 0.352 e. The van der Waals surface area contributed by atoms with E-state index >= 15 is 0 Å². The lowest BCUT2D eigenvalue weighted by Crippen LogP contribution is -2.20. The molecule has 1 atom stereocenters. The number of rotatable bonds is 10. The van der Waals surface area contributed by atoms with Crippen LogP contribution in [0.2, 0.25) is 0 Å². The van der Waals surface area contributed by atoms with E-state index in [1.165, 1.54) is 6.26 Å². The molecule has 0 saturated carbocycles. The van der Waals surface area contributed by atoms with Crippen molar-refractivity contribution in [3.8, 4) is 0 Å². The summed E-state index contributed by atoms with van der Waals surface area (Å²) in [6.07, 6.45) is 1.16. The fourth-order valence-electron chi connectivity index (χ4n) is 2.80. The van der Waals surface area contributed by atoms with Gasteiger partial charge in [-0.05, 0) is 28.8 Å². The van der Waals surface area contributed by atoms with Gasteiger partial charge in [0.1, 0.15) is 18.1 Å². The van der Waals surface area contributed by atoms with Gasteiger partial charge in [-0.15, -0.1) is 0 Å². The van der Waals surface area contributed by atoms with Gasteiger partial charge >= 0.3 is 5.97 Å². The quantitative estimate of drug-likeness (QED) is 0.399. The van der Waals surface area contributed by atoms with Crippen LogP contribution in [0.3, 0.4) is 0 Å². The van der Waals surface area contributed by atoms with Gasteiger partial charge in [0.25, 0.3) is 0 Å². The van der Waals surface area contributed by atoms with E-state index in [0.29, 0.717) is 18.9 Å². The first-order valence-corrected chi connectivity index (χ1v) is 9.37. The molecule has 0 fully saturated rings. The maximum absolute atomic E-state index is 12.2. The van der Waals surface area contributed by atoms with E-state index in [0.717, 1.165) is 16.7 Å². The van der Waals surface area contributed by atoms with Crippen LogP contribution >= 0.6 is 0 Å². The van der Waals surface area contributed by atoms with E-state index in [2.05, 4.69) is 0 Å². The minimum Gasteiger partial charge on any atom is -0.466 e. The molecule has 0 bridgehead atoms. The van der Waals surface area contributed by atoms with Gasteiger partial charge in [-0.2, -0.15) is 0 Å². The molecule has 3 rings (SSSR count). The Morgan fingerprint density at radius 3 is 2.38 bits per heavy atom. The average molecular weight is 392 g/mol. The molecule has 0 amide bonds. The summed E-state index contributed by atoms with van der Waals surface area (Å²) < 4.78 is 16.4. The summed E-state index contributed by atoms with van der Waals surface area (Å²) in [5.74, 6) is -0.159. The van der Waals surface area contributed by atoms with Crippen molar-refractivity contribution in [3.63, 3.8) is 0 Å². The minimum absolute atomic E-state index is 0.00501. The Morgan fingerprint density at radius 1 is 0.966 bits per heavy atom. The molecule has 1 aromatic heterocycles. The molecule has 6 nitrogen and oxygen atoms in total. The third kappa shape index (κ3) is 6.14. The molecule has 1 heterocycles. The number of carbonyl (C=O) groups is 1. The molecule has 2 aromatic carbocycles. The van der Waals surface area contributed by atoms with Crippen molar-refractivity contribution in [2.45, 2.75) is 32.3 Å². The maximum atomic E-state index is 12.2. The molecular formula is C23H24N2O4. The molecule has 0 saturated heterocycles. The summed E-state index contributed by atoms with van der Waals surface area (Å²) in [6.45, 7) is 0.818. The normalized spacial score (nSPS) is 11.8. The molecule has 0 aliphatic heterocycles. The number of esters is 1. The molecule has 29 heavy (non-hydrogen) atoms. The lowest BCUT2D eigenvalue weighted by Gasteiger charge is -2.19. The average Bonchev–Trinajstić information content (AvgIpc) is 3.29. The second kappa shape index (κ2) is 10.4. The van der Waals surface area contributed by atoms with Crippen molar-refractivity contribution in [1.29, 1.82) is 5.41 Å². The van der Waals surface area contributed by atoms with Gasteiger partial charge in [0.15, 0.2) is 0 Å². The predicted octanol–water partition coefficient (Wildman–Crippen LogP) is 4.15. The highest BCUT2D eigenvalue weighted by Crippen LogP contribution is 2.24. The highest BCUT2D eigenvalue weighted by Gasteiger charge is 2.20. The number of ether oxygens (including phenoxy) is 2. The summed E-state index contributed by atoms with van der Waals surface area (Å²) in [5, 5.41) is 8.16. The Bertz CT molecular complexity index is 906. The number of nitrogens with one attached hydrogen (secondary N) is 1. The first-order valence-electron chi connectivity index (χ1n) is 9.37. The van der Waals surface area contributed by atoms with E-state index in [-0.39, 0.29) is 18.7 Å². The van der Waals surface area contributed by atoms with Crippen LogP contribution in [0, 0.1) is 5.41 Å². The summed E-state index contributed by atoms with van der Waals surface area (Å²) in [5.41, 5.74) is 8.41. The largest absolute Gasteiger partial charge is 0.466 e. The van der Waals surface area contributed by atoms with Crippen LogP contribution in [-0.2, 0) is 34.0 Å². The zero-order valence-electron chi connectivity index (χ0n) is 16.0. The smallest absolute Gasteiger partial charge is 0.352 e. The number of furan rings is 1. The Labute approximate surface area is 169 Å². The van der Waals surface area contributed by atoms with Gasteiger partial charge in [-0.25, -0.2) is 4.79 Å².